The van der Waals surface area contributed by atoms with Crippen molar-refractivity contribution in [1.82, 2.24) is 10.2 Å². The first-order chi connectivity index (χ1) is 13.0. The fourth-order valence-electron chi connectivity index (χ4n) is 2.75. The lowest BCUT2D eigenvalue weighted by Crippen LogP contribution is -2.46. The largest absolute Gasteiger partial charge is 0.464 e. The third kappa shape index (κ3) is 5.58. The lowest BCUT2D eigenvalue weighted by atomic mass is 10.0. The lowest BCUT2D eigenvalue weighted by molar-refractivity contribution is -0.151. The first-order valence-corrected chi connectivity index (χ1v) is 9.15. The molecule has 2 amide bonds. The van der Waals surface area contributed by atoms with Crippen LogP contribution in [0.25, 0.3) is 11.0 Å². The number of hydrogen-bond acceptors (Lipinski definition) is 5. The maximum atomic E-state index is 12.1. The molecule has 28 heavy (non-hydrogen) atoms. The number of esters is 1. The minimum atomic E-state index is -0.526. The number of nitrogens with one attached hydrogen (secondary N) is 1. The van der Waals surface area contributed by atoms with Gasteiger partial charge in [0.15, 0.2) is 6.61 Å². The van der Waals surface area contributed by atoms with Crippen LogP contribution in [0.4, 0.5) is 0 Å². The van der Waals surface area contributed by atoms with Gasteiger partial charge < -0.3 is 19.4 Å². The molecule has 0 unspecified atom stereocenters. The predicted molar refractivity (Wildman–Crippen MR) is 106 cm³/mol. The quantitative estimate of drug-likeness (QED) is 0.768. The molecule has 0 radical (unpaired) electrons. The van der Waals surface area contributed by atoms with Gasteiger partial charge in [-0.2, -0.15) is 0 Å². The highest BCUT2D eigenvalue weighted by atomic mass is 16.5. The van der Waals surface area contributed by atoms with Gasteiger partial charge in [-0.05, 0) is 45.7 Å². The van der Waals surface area contributed by atoms with E-state index in [1.54, 1.807) is 6.26 Å². The summed E-state index contributed by atoms with van der Waals surface area (Å²) in [5.41, 5.74) is 3.23. The molecule has 0 atom stereocenters. The van der Waals surface area contributed by atoms with Crippen molar-refractivity contribution in [1.29, 1.82) is 0 Å². The third-order valence-corrected chi connectivity index (χ3v) is 4.35. The molecule has 7 heteroatoms. The summed E-state index contributed by atoms with van der Waals surface area (Å²) >= 11 is 0. The Morgan fingerprint density at radius 3 is 2.50 bits per heavy atom. The number of ether oxygens (including phenoxy) is 1. The first kappa shape index (κ1) is 21.5. The summed E-state index contributed by atoms with van der Waals surface area (Å²) in [5.74, 6) is -1.24. The number of nitrogens with zero attached hydrogens (tertiary/aromatic N) is 1. The van der Waals surface area contributed by atoms with E-state index in [2.05, 4.69) is 5.32 Å². The molecule has 0 fully saturated rings. The minimum Gasteiger partial charge on any atom is -0.464 e. The summed E-state index contributed by atoms with van der Waals surface area (Å²) in [4.78, 5) is 37.3. The van der Waals surface area contributed by atoms with Gasteiger partial charge in [-0.1, -0.05) is 12.1 Å². The van der Waals surface area contributed by atoms with E-state index in [4.69, 9.17) is 9.15 Å². The second kappa shape index (κ2) is 8.46. The number of likely N-dealkylation sites (N-methyl/N-ethyl adjacent to an activating group) is 1. The molecule has 1 N–H and O–H groups in total. The minimum absolute atomic E-state index is 0.0109. The molecule has 1 heterocycles. The van der Waals surface area contributed by atoms with Crippen molar-refractivity contribution in [3.8, 4) is 0 Å². The molecule has 0 saturated carbocycles. The summed E-state index contributed by atoms with van der Waals surface area (Å²) in [6.45, 7) is 9.03. The van der Waals surface area contributed by atoms with Gasteiger partial charge in [-0.15, -0.1) is 0 Å². The molecule has 1 aromatic heterocycles. The summed E-state index contributed by atoms with van der Waals surface area (Å²) < 4.78 is 10.7. The fraction of sp³-hybridized carbons (Fsp3) is 0.476. The summed E-state index contributed by atoms with van der Waals surface area (Å²) in [6.07, 6.45) is 1.56. The zero-order chi connectivity index (χ0) is 21.1. The Kier molecular flexibility index (Phi) is 6.48. The molecule has 0 bridgehead atoms. The zero-order valence-corrected chi connectivity index (χ0v) is 17.3. The molecule has 0 aliphatic rings. The van der Waals surface area contributed by atoms with Crippen LogP contribution in [0.2, 0.25) is 0 Å². The van der Waals surface area contributed by atoms with Crippen LogP contribution in [0.3, 0.4) is 0 Å². The van der Waals surface area contributed by atoms with Crippen LogP contribution in [0.15, 0.2) is 22.8 Å². The Bertz CT molecular complexity index is 892. The highest BCUT2D eigenvalue weighted by molar-refractivity contribution is 5.89. The van der Waals surface area contributed by atoms with E-state index in [0.717, 1.165) is 22.1 Å². The van der Waals surface area contributed by atoms with Gasteiger partial charge in [-0.25, -0.2) is 0 Å². The molecule has 1 aromatic carbocycles. The van der Waals surface area contributed by atoms with E-state index < -0.39 is 18.5 Å². The van der Waals surface area contributed by atoms with E-state index >= 15 is 0 Å². The normalized spacial score (nSPS) is 11.4. The molecule has 152 valence electrons. The predicted octanol–water partition coefficient (Wildman–Crippen LogP) is 2.51. The number of benzene rings is 1. The first-order valence-electron chi connectivity index (χ1n) is 9.15. The number of aryl methyl sites for hydroxylation is 2. The standard InChI is InChI=1S/C21H28N2O5/c1-13-7-8-16-15(11-28-20(16)14(13)2)9-19(26)27-12-18(25)23(6)10-17(24)22-21(3,4)5/h7-8,11H,9-10,12H2,1-6H3,(H,22,24). The van der Waals surface area contributed by atoms with Gasteiger partial charge in [-0.3, -0.25) is 14.4 Å². The average molecular weight is 388 g/mol. The Balaban J connectivity index is 1.88. The average Bonchev–Trinajstić information content (AvgIpc) is 2.97. The van der Waals surface area contributed by atoms with Gasteiger partial charge in [0, 0.05) is 23.5 Å². The lowest BCUT2D eigenvalue weighted by Gasteiger charge is -2.23. The van der Waals surface area contributed by atoms with Crippen molar-refractivity contribution in [2.75, 3.05) is 20.2 Å². The van der Waals surface area contributed by atoms with Crippen LogP contribution >= 0.6 is 0 Å². The number of furan rings is 1. The van der Waals surface area contributed by atoms with Crippen LogP contribution in [-0.2, 0) is 25.5 Å². The zero-order valence-electron chi connectivity index (χ0n) is 17.3. The van der Waals surface area contributed by atoms with Gasteiger partial charge in [0.1, 0.15) is 5.58 Å². The number of rotatable bonds is 6. The number of hydrogen-bond donors (Lipinski definition) is 1. The molecular formula is C21H28N2O5. The van der Waals surface area contributed by atoms with Crippen molar-refractivity contribution in [3.05, 3.63) is 35.1 Å². The summed E-state index contributed by atoms with van der Waals surface area (Å²) in [5, 5.41) is 3.64. The monoisotopic (exact) mass is 388 g/mol. The molecule has 7 nitrogen and oxygen atoms in total. The van der Waals surface area contributed by atoms with Gasteiger partial charge in [0.05, 0.1) is 19.2 Å². The third-order valence-electron chi connectivity index (χ3n) is 4.35. The Morgan fingerprint density at radius 2 is 1.86 bits per heavy atom. The number of carbonyl (C=O) groups excluding carboxylic acids is 3. The second-order valence-corrected chi connectivity index (χ2v) is 8.03. The molecular weight excluding hydrogens is 360 g/mol. The van der Waals surface area contributed by atoms with Crippen LogP contribution in [0.1, 0.15) is 37.5 Å². The van der Waals surface area contributed by atoms with Crippen LogP contribution in [-0.4, -0.2) is 48.4 Å². The smallest absolute Gasteiger partial charge is 0.310 e. The van der Waals surface area contributed by atoms with Gasteiger partial charge in [0.2, 0.25) is 5.91 Å². The molecule has 0 aliphatic carbocycles. The Morgan fingerprint density at radius 1 is 1.18 bits per heavy atom. The SMILES string of the molecule is Cc1ccc2c(CC(=O)OCC(=O)N(C)CC(=O)NC(C)(C)C)coc2c1C. The van der Waals surface area contributed by atoms with Crippen molar-refractivity contribution < 1.29 is 23.5 Å². The van der Waals surface area contributed by atoms with Crippen molar-refractivity contribution in [2.24, 2.45) is 0 Å². The molecule has 2 aromatic rings. The topological polar surface area (TPSA) is 88.9 Å². The van der Waals surface area contributed by atoms with E-state index in [1.165, 1.54) is 11.9 Å². The van der Waals surface area contributed by atoms with Crippen molar-refractivity contribution in [2.45, 2.75) is 46.6 Å². The van der Waals surface area contributed by atoms with Crippen LogP contribution in [0.5, 0.6) is 0 Å². The van der Waals surface area contributed by atoms with E-state index in [0.29, 0.717) is 5.56 Å². The van der Waals surface area contributed by atoms with E-state index in [1.807, 2.05) is 46.8 Å². The number of carbonyl (C=O) groups is 3. The maximum absolute atomic E-state index is 12.1. The molecule has 0 aliphatic heterocycles. The highest BCUT2D eigenvalue weighted by Gasteiger charge is 2.19. The van der Waals surface area contributed by atoms with Gasteiger partial charge in [0.25, 0.3) is 5.91 Å². The number of fused-ring (bicyclic) bond motifs is 1. The molecule has 0 spiro atoms. The van der Waals surface area contributed by atoms with Crippen LogP contribution in [0, 0.1) is 13.8 Å². The fourth-order valence-corrected chi connectivity index (χ4v) is 2.75. The van der Waals surface area contributed by atoms with Crippen molar-refractivity contribution >= 4 is 28.8 Å². The van der Waals surface area contributed by atoms with Crippen molar-refractivity contribution in [3.63, 3.8) is 0 Å². The highest BCUT2D eigenvalue weighted by Crippen LogP contribution is 2.26. The summed E-state index contributed by atoms with van der Waals surface area (Å²) in [7, 11) is 1.49. The number of amides is 2. The maximum Gasteiger partial charge on any atom is 0.310 e. The molecule has 0 saturated heterocycles. The Hall–Kier alpha value is -2.83. The molecule has 2 rings (SSSR count). The van der Waals surface area contributed by atoms with E-state index in [-0.39, 0.29) is 24.4 Å². The second-order valence-electron chi connectivity index (χ2n) is 8.03. The Labute approximate surface area is 165 Å². The van der Waals surface area contributed by atoms with Gasteiger partial charge >= 0.3 is 5.97 Å². The summed E-state index contributed by atoms with van der Waals surface area (Å²) in [6, 6.07) is 3.89. The van der Waals surface area contributed by atoms with E-state index in [9.17, 15) is 14.4 Å². The van der Waals surface area contributed by atoms with Crippen LogP contribution < -0.4 is 5.32 Å².